The largest absolute Gasteiger partial charge is 0.261 e. The Morgan fingerprint density at radius 2 is 1.48 bits per heavy atom. The Labute approximate surface area is 164 Å². The van der Waals surface area contributed by atoms with Crippen LogP contribution in [0, 0.1) is 41.4 Å². The van der Waals surface area contributed by atoms with E-state index in [0.717, 1.165) is 41.4 Å². The van der Waals surface area contributed by atoms with E-state index in [1.165, 1.54) is 50.6 Å². The predicted molar refractivity (Wildman–Crippen MR) is 111 cm³/mol. The van der Waals surface area contributed by atoms with Crippen molar-refractivity contribution in [2.75, 3.05) is 0 Å². The molecule has 0 spiro atoms. The molecule has 142 valence electrons. The van der Waals surface area contributed by atoms with Crippen LogP contribution in [-0.4, -0.2) is 4.98 Å². The summed E-state index contributed by atoms with van der Waals surface area (Å²) in [5, 5.41) is 0. The van der Waals surface area contributed by atoms with E-state index < -0.39 is 0 Å². The molecular formula is C26H33N. The predicted octanol–water partition coefficient (Wildman–Crippen LogP) is 6.19. The van der Waals surface area contributed by atoms with Crippen LogP contribution in [0.5, 0.6) is 0 Å². The van der Waals surface area contributed by atoms with Crippen molar-refractivity contribution in [1.82, 2.24) is 4.98 Å². The summed E-state index contributed by atoms with van der Waals surface area (Å²) in [6, 6.07) is 17.7. The van der Waals surface area contributed by atoms with Gasteiger partial charge in [0.15, 0.2) is 0 Å². The van der Waals surface area contributed by atoms with Gasteiger partial charge < -0.3 is 0 Å². The highest BCUT2D eigenvalue weighted by atomic mass is 14.7. The Morgan fingerprint density at radius 1 is 0.815 bits per heavy atom. The van der Waals surface area contributed by atoms with Gasteiger partial charge in [0.1, 0.15) is 0 Å². The molecule has 3 aliphatic rings. The monoisotopic (exact) mass is 359 g/mol. The maximum atomic E-state index is 4.69. The molecule has 1 aromatic carbocycles. The third-order valence-electron chi connectivity index (χ3n) is 8.45. The second-order valence-electron chi connectivity index (χ2n) is 9.65. The van der Waals surface area contributed by atoms with Gasteiger partial charge >= 0.3 is 0 Å². The minimum absolute atomic E-state index is 0.807. The molecule has 3 fully saturated rings. The highest BCUT2D eigenvalue weighted by molar-refractivity contribution is 5.18. The Morgan fingerprint density at radius 3 is 2.15 bits per heavy atom. The zero-order valence-corrected chi connectivity index (χ0v) is 16.6. The summed E-state index contributed by atoms with van der Waals surface area (Å²) in [4.78, 5) is 4.69. The second-order valence-corrected chi connectivity index (χ2v) is 9.65. The normalized spacial score (nSPS) is 37.7. The smallest absolute Gasteiger partial charge is 0.0406 e. The van der Waals surface area contributed by atoms with Gasteiger partial charge in [0.2, 0.25) is 0 Å². The van der Waals surface area contributed by atoms with E-state index in [2.05, 4.69) is 54.4 Å². The van der Waals surface area contributed by atoms with Crippen LogP contribution < -0.4 is 0 Å². The molecule has 1 heterocycles. The Bertz CT molecular complexity index is 676. The zero-order valence-electron chi connectivity index (χ0n) is 16.6. The minimum Gasteiger partial charge on any atom is -0.261 e. The van der Waals surface area contributed by atoms with Gasteiger partial charge in [0.05, 0.1) is 0 Å². The first-order valence-electron chi connectivity index (χ1n) is 11.2. The van der Waals surface area contributed by atoms with Gasteiger partial charge in [-0.3, -0.25) is 4.98 Å². The summed E-state index contributed by atoms with van der Waals surface area (Å²) in [5.41, 5.74) is 2.85. The van der Waals surface area contributed by atoms with Crippen molar-refractivity contribution < 1.29 is 0 Å². The molecule has 7 unspecified atom stereocenters. The van der Waals surface area contributed by atoms with Crippen LogP contribution in [0.4, 0.5) is 0 Å². The van der Waals surface area contributed by atoms with E-state index >= 15 is 0 Å². The number of hydrogen-bond acceptors (Lipinski definition) is 1. The highest BCUT2D eigenvalue weighted by Crippen LogP contribution is 2.59. The number of aromatic nitrogens is 1. The van der Waals surface area contributed by atoms with Crippen molar-refractivity contribution in [3.63, 3.8) is 0 Å². The van der Waals surface area contributed by atoms with Gasteiger partial charge in [-0.1, -0.05) is 62.6 Å². The molecule has 0 aliphatic heterocycles. The highest BCUT2D eigenvalue weighted by Gasteiger charge is 2.52. The summed E-state index contributed by atoms with van der Waals surface area (Å²) < 4.78 is 0. The first kappa shape index (κ1) is 17.5. The lowest BCUT2D eigenvalue weighted by Gasteiger charge is -2.39. The molecule has 2 aromatic rings. The number of benzene rings is 1. The molecule has 1 heteroatoms. The van der Waals surface area contributed by atoms with Gasteiger partial charge in [-0.15, -0.1) is 0 Å². The summed E-state index contributed by atoms with van der Waals surface area (Å²) in [5.74, 6) is 6.41. The lowest BCUT2D eigenvalue weighted by molar-refractivity contribution is 0.112. The maximum absolute atomic E-state index is 4.69. The first-order chi connectivity index (χ1) is 13.3. The lowest BCUT2D eigenvalue weighted by atomic mass is 9.66. The molecule has 0 radical (unpaired) electrons. The topological polar surface area (TPSA) is 12.9 Å². The molecule has 27 heavy (non-hydrogen) atoms. The Kier molecular flexibility index (Phi) is 4.80. The molecule has 0 N–H and O–H groups in total. The van der Waals surface area contributed by atoms with Crippen molar-refractivity contribution in [3.05, 3.63) is 66.0 Å². The quantitative estimate of drug-likeness (QED) is 0.634. The average molecular weight is 360 g/mol. The summed E-state index contributed by atoms with van der Waals surface area (Å²) in [6.07, 6.45) is 11.9. The fraction of sp³-hybridized carbons (Fsp3) is 0.577. The number of fused-ring (bicyclic) bond motifs is 2. The van der Waals surface area contributed by atoms with Crippen molar-refractivity contribution in [1.29, 1.82) is 0 Å². The van der Waals surface area contributed by atoms with Gasteiger partial charge in [0.25, 0.3) is 0 Å². The van der Waals surface area contributed by atoms with E-state index in [0.29, 0.717) is 0 Å². The van der Waals surface area contributed by atoms with Crippen LogP contribution in [0.25, 0.3) is 0 Å². The van der Waals surface area contributed by atoms with Crippen LogP contribution in [0.2, 0.25) is 0 Å². The van der Waals surface area contributed by atoms with Crippen molar-refractivity contribution in [3.8, 4) is 0 Å². The van der Waals surface area contributed by atoms with Crippen LogP contribution >= 0.6 is 0 Å². The van der Waals surface area contributed by atoms with Gasteiger partial charge in [-0.05, 0) is 84.8 Å². The van der Waals surface area contributed by atoms with Gasteiger partial charge in [-0.2, -0.15) is 0 Å². The summed E-state index contributed by atoms with van der Waals surface area (Å²) >= 11 is 0. The molecule has 0 amide bonds. The van der Waals surface area contributed by atoms with Gasteiger partial charge in [0, 0.05) is 11.9 Å². The van der Waals surface area contributed by atoms with Crippen molar-refractivity contribution in [2.45, 2.75) is 51.9 Å². The van der Waals surface area contributed by atoms with E-state index in [1.807, 2.05) is 12.3 Å². The van der Waals surface area contributed by atoms with Crippen molar-refractivity contribution in [2.24, 2.45) is 41.4 Å². The van der Waals surface area contributed by atoms with Gasteiger partial charge in [-0.25, -0.2) is 0 Å². The molecule has 3 aliphatic carbocycles. The molecule has 0 saturated heterocycles. The van der Waals surface area contributed by atoms with E-state index in [1.54, 1.807) is 5.56 Å². The van der Waals surface area contributed by atoms with E-state index in [9.17, 15) is 0 Å². The second kappa shape index (κ2) is 7.41. The molecule has 1 nitrogen and oxygen atoms in total. The average Bonchev–Trinajstić information content (AvgIpc) is 3.26. The molecule has 3 saturated carbocycles. The van der Waals surface area contributed by atoms with E-state index in [-0.39, 0.29) is 0 Å². The molecule has 1 aromatic heterocycles. The number of nitrogens with zero attached hydrogens (tertiary/aromatic N) is 1. The van der Waals surface area contributed by atoms with E-state index in [4.69, 9.17) is 0 Å². The fourth-order valence-electron chi connectivity index (χ4n) is 7.19. The zero-order chi connectivity index (χ0) is 18.2. The third kappa shape index (κ3) is 3.35. The third-order valence-corrected chi connectivity index (χ3v) is 8.45. The number of rotatable bonds is 4. The molecular weight excluding hydrogens is 326 g/mol. The lowest BCUT2D eigenvalue weighted by Crippen LogP contribution is -2.31. The molecule has 7 atom stereocenters. The number of hydrogen-bond donors (Lipinski definition) is 0. The Balaban J connectivity index is 1.42. The minimum atomic E-state index is 0.807. The summed E-state index contributed by atoms with van der Waals surface area (Å²) in [6.45, 7) is 2.56. The Hall–Kier alpha value is -1.63. The molecule has 5 rings (SSSR count). The first-order valence-corrected chi connectivity index (χ1v) is 11.2. The summed E-state index contributed by atoms with van der Waals surface area (Å²) in [7, 11) is 0. The van der Waals surface area contributed by atoms with Crippen LogP contribution in [0.3, 0.4) is 0 Å². The van der Waals surface area contributed by atoms with Crippen LogP contribution in [0.15, 0.2) is 54.7 Å². The fourth-order valence-corrected chi connectivity index (χ4v) is 7.19. The van der Waals surface area contributed by atoms with Crippen LogP contribution in [-0.2, 0) is 12.8 Å². The molecule has 0 bridgehead atoms. The SMILES string of the molecule is CC1C(Cc2ccccc2)C2CC3CCCC3CC2C1Cc1ccccn1. The standard InChI is InChI=1S/C26H33N/c1-18-23(14-19-8-3-2-4-9-19)25-15-20-10-7-11-21(20)16-26(25)24(18)17-22-12-5-6-13-27-22/h2-6,8-9,12-13,18,20-21,23-26H,7,10-11,14-17H2,1H3. The van der Waals surface area contributed by atoms with Crippen LogP contribution in [0.1, 0.15) is 50.3 Å². The maximum Gasteiger partial charge on any atom is 0.0406 e. The van der Waals surface area contributed by atoms with Crippen molar-refractivity contribution >= 4 is 0 Å². The number of pyridine rings is 1.